The van der Waals surface area contributed by atoms with Crippen LogP contribution in [0.25, 0.3) is 0 Å². The molecular weight excluding hydrogens is 254 g/mol. The van der Waals surface area contributed by atoms with E-state index in [9.17, 15) is 9.59 Å². The standard InChI is InChI=1S/C15H21N3O2/c1-2-16-13-6-4-3-5-12(13)15(20)18-10-9-17-14(19)11-7-8-11/h3-6,11,16H,2,7-10H2,1H3,(H,17,19)(H,18,20). The van der Waals surface area contributed by atoms with Crippen LogP contribution in [0.1, 0.15) is 30.1 Å². The van der Waals surface area contributed by atoms with Crippen LogP contribution in [0.15, 0.2) is 24.3 Å². The average molecular weight is 275 g/mol. The van der Waals surface area contributed by atoms with E-state index in [4.69, 9.17) is 0 Å². The fourth-order valence-corrected chi connectivity index (χ4v) is 1.97. The number of hydrogen-bond acceptors (Lipinski definition) is 3. The molecule has 0 atom stereocenters. The van der Waals surface area contributed by atoms with E-state index in [0.29, 0.717) is 18.7 Å². The summed E-state index contributed by atoms with van der Waals surface area (Å²) in [5.41, 5.74) is 1.46. The zero-order valence-electron chi connectivity index (χ0n) is 11.7. The molecule has 0 saturated heterocycles. The summed E-state index contributed by atoms with van der Waals surface area (Å²) in [6.07, 6.45) is 1.99. The molecule has 0 bridgehead atoms. The van der Waals surface area contributed by atoms with Crippen molar-refractivity contribution in [2.75, 3.05) is 25.0 Å². The highest BCUT2D eigenvalue weighted by Crippen LogP contribution is 2.28. The molecule has 2 rings (SSSR count). The molecule has 5 nitrogen and oxygen atoms in total. The van der Waals surface area contributed by atoms with Crippen molar-refractivity contribution in [1.82, 2.24) is 10.6 Å². The molecule has 1 aromatic carbocycles. The van der Waals surface area contributed by atoms with Gasteiger partial charge in [-0.25, -0.2) is 0 Å². The van der Waals surface area contributed by atoms with Crippen LogP contribution < -0.4 is 16.0 Å². The first-order valence-electron chi connectivity index (χ1n) is 7.11. The third kappa shape index (κ3) is 3.98. The summed E-state index contributed by atoms with van der Waals surface area (Å²) in [6.45, 7) is 3.67. The fourth-order valence-electron chi connectivity index (χ4n) is 1.97. The molecule has 0 aromatic heterocycles. The van der Waals surface area contributed by atoms with Crippen molar-refractivity contribution >= 4 is 17.5 Å². The molecule has 0 unspecified atom stereocenters. The minimum absolute atomic E-state index is 0.104. The SMILES string of the molecule is CCNc1ccccc1C(=O)NCCNC(=O)C1CC1. The second-order valence-corrected chi connectivity index (χ2v) is 4.90. The van der Waals surface area contributed by atoms with Crippen LogP contribution in [0.5, 0.6) is 0 Å². The van der Waals surface area contributed by atoms with Crippen molar-refractivity contribution in [1.29, 1.82) is 0 Å². The van der Waals surface area contributed by atoms with Gasteiger partial charge < -0.3 is 16.0 Å². The monoisotopic (exact) mass is 275 g/mol. The Morgan fingerprint density at radius 2 is 1.85 bits per heavy atom. The summed E-state index contributed by atoms with van der Waals surface area (Å²) in [5.74, 6) is 0.190. The maximum absolute atomic E-state index is 12.1. The zero-order chi connectivity index (χ0) is 14.4. The topological polar surface area (TPSA) is 70.2 Å². The molecule has 1 aromatic rings. The van der Waals surface area contributed by atoms with E-state index in [2.05, 4.69) is 16.0 Å². The lowest BCUT2D eigenvalue weighted by Gasteiger charge is -2.11. The third-order valence-electron chi connectivity index (χ3n) is 3.20. The Labute approximate surface area is 119 Å². The van der Waals surface area contributed by atoms with E-state index in [0.717, 1.165) is 25.1 Å². The van der Waals surface area contributed by atoms with Crippen molar-refractivity contribution in [2.24, 2.45) is 5.92 Å². The van der Waals surface area contributed by atoms with Gasteiger partial charge in [-0.15, -0.1) is 0 Å². The van der Waals surface area contributed by atoms with Crippen LogP contribution in [0.3, 0.4) is 0 Å². The maximum atomic E-state index is 12.1. The molecule has 1 saturated carbocycles. The Morgan fingerprint density at radius 3 is 2.55 bits per heavy atom. The minimum atomic E-state index is -0.123. The molecule has 0 heterocycles. The molecule has 0 spiro atoms. The Balaban J connectivity index is 1.77. The van der Waals surface area contributed by atoms with Gasteiger partial charge in [0.15, 0.2) is 0 Å². The molecule has 2 amide bonds. The number of benzene rings is 1. The third-order valence-corrected chi connectivity index (χ3v) is 3.20. The van der Waals surface area contributed by atoms with Gasteiger partial charge in [0.25, 0.3) is 5.91 Å². The molecule has 20 heavy (non-hydrogen) atoms. The number of carbonyl (C=O) groups is 2. The summed E-state index contributed by atoms with van der Waals surface area (Å²) >= 11 is 0. The minimum Gasteiger partial charge on any atom is -0.385 e. The summed E-state index contributed by atoms with van der Waals surface area (Å²) in [7, 11) is 0. The number of carbonyl (C=O) groups excluding carboxylic acids is 2. The molecule has 5 heteroatoms. The number of anilines is 1. The average Bonchev–Trinajstić information content (AvgIpc) is 3.28. The second kappa shape index (κ2) is 6.93. The first-order chi connectivity index (χ1) is 9.72. The van der Waals surface area contributed by atoms with E-state index in [-0.39, 0.29) is 17.7 Å². The highest BCUT2D eigenvalue weighted by molar-refractivity contribution is 5.99. The van der Waals surface area contributed by atoms with E-state index in [1.807, 2.05) is 25.1 Å². The molecule has 108 valence electrons. The van der Waals surface area contributed by atoms with E-state index >= 15 is 0 Å². The van der Waals surface area contributed by atoms with Crippen molar-refractivity contribution in [3.63, 3.8) is 0 Å². The van der Waals surface area contributed by atoms with Crippen molar-refractivity contribution in [3.05, 3.63) is 29.8 Å². The smallest absolute Gasteiger partial charge is 0.253 e. The first kappa shape index (κ1) is 14.4. The van der Waals surface area contributed by atoms with Gasteiger partial charge in [0.2, 0.25) is 5.91 Å². The van der Waals surface area contributed by atoms with Crippen LogP contribution in [-0.4, -0.2) is 31.4 Å². The quantitative estimate of drug-likeness (QED) is 0.658. The summed E-state index contributed by atoms with van der Waals surface area (Å²) < 4.78 is 0. The van der Waals surface area contributed by atoms with E-state index < -0.39 is 0 Å². The molecule has 0 radical (unpaired) electrons. The number of amides is 2. The Morgan fingerprint density at radius 1 is 1.15 bits per heavy atom. The molecule has 3 N–H and O–H groups in total. The Kier molecular flexibility index (Phi) is 4.98. The normalized spacial score (nSPS) is 13.7. The van der Waals surface area contributed by atoms with Gasteiger partial charge in [0, 0.05) is 31.2 Å². The molecular formula is C15H21N3O2. The second-order valence-electron chi connectivity index (χ2n) is 4.90. The highest BCUT2D eigenvalue weighted by atomic mass is 16.2. The van der Waals surface area contributed by atoms with Gasteiger partial charge >= 0.3 is 0 Å². The van der Waals surface area contributed by atoms with Crippen LogP contribution >= 0.6 is 0 Å². The molecule has 1 fully saturated rings. The van der Waals surface area contributed by atoms with E-state index in [1.54, 1.807) is 6.07 Å². The van der Waals surface area contributed by atoms with E-state index in [1.165, 1.54) is 0 Å². The van der Waals surface area contributed by atoms with Crippen LogP contribution in [-0.2, 0) is 4.79 Å². The Bertz CT molecular complexity index is 484. The molecule has 1 aliphatic carbocycles. The highest BCUT2D eigenvalue weighted by Gasteiger charge is 2.28. The number of nitrogens with one attached hydrogen (secondary N) is 3. The summed E-state index contributed by atoms with van der Waals surface area (Å²) in [5, 5.41) is 8.80. The predicted molar refractivity (Wildman–Crippen MR) is 78.7 cm³/mol. The van der Waals surface area contributed by atoms with Gasteiger partial charge in [0.05, 0.1) is 5.56 Å². The van der Waals surface area contributed by atoms with Gasteiger partial charge in [-0.2, -0.15) is 0 Å². The van der Waals surface area contributed by atoms with Crippen molar-refractivity contribution < 1.29 is 9.59 Å². The fraction of sp³-hybridized carbons (Fsp3) is 0.467. The Hall–Kier alpha value is -2.04. The van der Waals surface area contributed by atoms with Gasteiger partial charge in [0.1, 0.15) is 0 Å². The lowest BCUT2D eigenvalue weighted by atomic mass is 10.1. The summed E-state index contributed by atoms with van der Waals surface area (Å²) in [4.78, 5) is 23.5. The lowest BCUT2D eigenvalue weighted by Crippen LogP contribution is -2.35. The van der Waals surface area contributed by atoms with Gasteiger partial charge in [-0.3, -0.25) is 9.59 Å². The van der Waals surface area contributed by atoms with Gasteiger partial charge in [-0.1, -0.05) is 12.1 Å². The van der Waals surface area contributed by atoms with Crippen LogP contribution in [0.2, 0.25) is 0 Å². The van der Waals surface area contributed by atoms with Crippen LogP contribution in [0, 0.1) is 5.92 Å². The maximum Gasteiger partial charge on any atom is 0.253 e. The predicted octanol–water partition coefficient (Wildman–Crippen LogP) is 1.37. The van der Waals surface area contributed by atoms with Crippen LogP contribution in [0.4, 0.5) is 5.69 Å². The lowest BCUT2D eigenvalue weighted by molar-refractivity contribution is -0.122. The number of hydrogen-bond donors (Lipinski definition) is 3. The molecule has 0 aliphatic heterocycles. The van der Waals surface area contributed by atoms with Crippen molar-refractivity contribution in [2.45, 2.75) is 19.8 Å². The first-order valence-corrected chi connectivity index (χ1v) is 7.11. The van der Waals surface area contributed by atoms with Gasteiger partial charge in [-0.05, 0) is 31.9 Å². The number of para-hydroxylation sites is 1. The number of rotatable bonds is 7. The largest absolute Gasteiger partial charge is 0.385 e. The van der Waals surface area contributed by atoms with Crippen molar-refractivity contribution in [3.8, 4) is 0 Å². The zero-order valence-corrected chi connectivity index (χ0v) is 11.7. The molecule has 1 aliphatic rings. The summed E-state index contributed by atoms with van der Waals surface area (Å²) in [6, 6.07) is 7.40.